The van der Waals surface area contributed by atoms with Crippen molar-refractivity contribution in [3.8, 4) is 0 Å². The van der Waals surface area contributed by atoms with Gasteiger partial charge in [-0.15, -0.1) is 0 Å². The quantitative estimate of drug-likeness (QED) is 0.0222. The third-order valence-corrected chi connectivity index (χ3v) is 22.4. The van der Waals surface area contributed by atoms with Crippen LogP contribution in [0.15, 0.2) is 0 Å². The van der Waals surface area contributed by atoms with Gasteiger partial charge in [0.05, 0.1) is 26.4 Å². The molecule has 0 aliphatic carbocycles. The summed E-state index contributed by atoms with van der Waals surface area (Å²) in [5.74, 6) is -1.40. The van der Waals surface area contributed by atoms with E-state index in [1.807, 2.05) is 0 Å². The summed E-state index contributed by atoms with van der Waals surface area (Å²) in [6, 6.07) is 0. The van der Waals surface area contributed by atoms with Gasteiger partial charge in [-0.25, -0.2) is 9.13 Å². The molecule has 5 atom stereocenters. The molecule has 17 nitrogen and oxygen atoms in total. The zero-order chi connectivity index (χ0) is 77.6. The van der Waals surface area contributed by atoms with Crippen LogP contribution in [0.3, 0.4) is 0 Å². The lowest BCUT2D eigenvalue weighted by atomic mass is 10.0. The maximum atomic E-state index is 13.2. The molecule has 0 saturated heterocycles. The molecule has 106 heavy (non-hydrogen) atoms. The lowest BCUT2D eigenvalue weighted by Gasteiger charge is -2.21. The standard InChI is InChI=1S/C87H170O17P2/c1-6-9-12-15-18-21-24-27-30-33-35-36-37-38-40-43-46-49-52-57-63-68-72-86(91)103-82(76-97-84(89)70-65-60-55-50-47-44-42-39-34-31-28-25-22-19-16-13-10-7-2)78-101-105(93,94)99-74-81(88)75-100-106(95,96)102-79-83(77-98-85(90)71-66-61-58-53-54-59-64-69-80(4)5)104-87(92)73-67-62-56-51-48-45-41-32-29-26-23-20-17-14-11-8-3/h80-83,88H,6-79H2,1-5H3,(H,93,94)(H,95,96)/t81-,82-,83-/m1/s1. The number of ether oxygens (including phenoxy) is 4. The minimum absolute atomic E-state index is 0.108. The molecule has 0 aliphatic heterocycles. The van der Waals surface area contributed by atoms with Crippen molar-refractivity contribution in [2.75, 3.05) is 39.6 Å². The Morgan fingerprint density at radius 2 is 0.434 bits per heavy atom. The van der Waals surface area contributed by atoms with E-state index < -0.39 is 97.5 Å². The first-order chi connectivity index (χ1) is 51.5. The molecule has 0 bridgehead atoms. The van der Waals surface area contributed by atoms with E-state index in [0.717, 1.165) is 96.3 Å². The molecule has 0 spiro atoms. The number of phosphoric ester groups is 2. The van der Waals surface area contributed by atoms with Crippen LogP contribution in [0.25, 0.3) is 0 Å². The average Bonchev–Trinajstić information content (AvgIpc) is 0.906. The molecule has 0 fully saturated rings. The highest BCUT2D eigenvalue weighted by Crippen LogP contribution is 2.45. The fourth-order valence-corrected chi connectivity index (χ4v) is 15.2. The van der Waals surface area contributed by atoms with E-state index in [-0.39, 0.29) is 25.7 Å². The molecule has 0 heterocycles. The minimum atomic E-state index is -4.97. The highest BCUT2D eigenvalue weighted by molar-refractivity contribution is 7.47. The summed E-state index contributed by atoms with van der Waals surface area (Å²) in [5, 5.41) is 10.7. The molecule has 2 unspecified atom stereocenters. The molecule has 0 aromatic heterocycles. The monoisotopic (exact) mass is 1550 g/mol. The maximum absolute atomic E-state index is 13.2. The summed E-state index contributed by atoms with van der Waals surface area (Å²) in [7, 11) is -9.93. The molecule has 0 amide bonds. The SMILES string of the molecule is CCCCCCCCCCCCCCCCCCCCCCCCC(=O)O[C@H](COC(=O)CCCCCCCCCCCCCCCCCCCC)COP(=O)(O)OC[C@@H](O)COP(=O)(O)OC[C@@H](COC(=O)CCCCCCCCCC(C)C)OC(=O)CCCCCCCCCCCCCCCCCC. The van der Waals surface area contributed by atoms with Gasteiger partial charge in [0.2, 0.25) is 0 Å². The van der Waals surface area contributed by atoms with E-state index in [9.17, 15) is 43.2 Å². The van der Waals surface area contributed by atoms with E-state index in [2.05, 4.69) is 34.6 Å². The molecule has 0 saturated carbocycles. The zero-order valence-corrected chi connectivity index (χ0v) is 71.4. The summed E-state index contributed by atoms with van der Waals surface area (Å²) < 4.78 is 68.9. The van der Waals surface area contributed by atoms with E-state index in [4.69, 9.17) is 37.0 Å². The van der Waals surface area contributed by atoms with Gasteiger partial charge in [-0.2, -0.15) is 0 Å². The number of carbonyl (C=O) groups is 4. The van der Waals surface area contributed by atoms with Gasteiger partial charge >= 0.3 is 39.5 Å². The minimum Gasteiger partial charge on any atom is -0.462 e. The van der Waals surface area contributed by atoms with Crippen LogP contribution in [-0.2, 0) is 65.4 Å². The van der Waals surface area contributed by atoms with Crippen molar-refractivity contribution in [3.63, 3.8) is 0 Å². The predicted molar refractivity (Wildman–Crippen MR) is 437 cm³/mol. The molecule has 0 rings (SSSR count). The fourth-order valence-electron chi connectivity index (χ4n) is 13.6. The van der Waals surface area contributed by atoms with Crippen LogP contribution in [0.5, 0.6) is 0 Å². The lowest BCUT2D eigenvalue weighted by Crippen LogP contribution is -2.30. The second-order valence-electron chi connectivity index (χ2n) is 31.8. The number of phosphoric acid groups is 2. The summed E-state index contributed by atoms with van der Waals surface area (Å²) >= 11 is 0. The normalized spacial score (nSPS) is 13.7. The maximum Gasteiger partial charge on any atom is 0.472 e. The summed E-state index contributed by atoms with van der Waals surface area (Å²) in [6.07, 6.45) is 73.8. The molecule has 0 aromatic rings. The Balaban J connectivity index is 5.21. The Kier molecular flexibility index (Phi) is 78.2. The van der Waals surface area contributed by atoms with Crippen molar-refractivity contribution in [2.24, 2.45) is 5.92 Å². The lowest BCUT2D eigenvalue weighted by molar-refractivity contribution is -0.161. The van der Waals surface area contributed by atoms with Crippen molar-refractivity contribution in [1.82, 2.24) is 0 Å². The number of hydrogen-bond donors (Lipinski definition) is 3. The Labute approximate surface area is 651 Å². The van der Waals surface area contributed by atoms with Gasteiger partial charge in [0.15, 0.2) is 12.2 Å². The van der Waals surface area contributed by atoms with Gasteiger partial charge in [0, 0.05) is 25.7 Å². The molecule has 3 N–H and O–H groups in total. The molecule has 630 valence electrons. The van der Waals surface area contributed by atoms with Crippen LogP contribution >= 0.6 is 15.6 Å². The number of rotatable bonds is 87. The predicted octanol–water partition coefficient (Wildman–Crippen LogP) is 26.8. The molecule has 0 aromatic carbocycles. The third-order valence-electron chi connectivity index (χ3n) is 20.5. The zero-order valence-electron chi connectivity index (χ0n) is 69.6. The van der Waals surface area contributed by atoms with Gasteiger partial charge in [-0.1, -0.05) is 420 Å². The van der Waals surface area contributed by atoms with Crippen LogP contribution in [0, 0.1) is 5.92 Å². The number of esters is 4. The first-order valence-electron chi connectivity index (χ1n) is 45.1. The number of unbranched alkanes of at least 4 members (excludes halogenated alkanes) is 59. The van der Waals surface area contributed by atoms with Crippen molar-refractivity contribution in [3.05, 3.63) is 0 Å². The summed E-state index contributed by atoms with van der Waals surface area (Å²) in [4.78, 5) is 73.2. The number of hydrogen-bond acceptors (Lipinski definition) is 15. The number of carbonyl (C=O) groups excluding carboxylic acids is 4. The molecule has 0 radical (unpaired) electrons. The largest absolute Gasteiger partial charge is 0.472 e. The highest BCUT2D eigenvalue weighted by Gasteiger charge is 2.30. The van der Waals surface area contributed by atoms with Gasteiger partial charge < -0.3 is 33.8 Å². The van der Waals surface area contributed by atoms with Crippen molar-refractivity contribution in [2.45, 2.75) is 490 Å². The molecular formula is C87H170O17P2. The van der Waals surface area contributed by atoms with Gasteiger partial charge in [0.1, 0.15) is 19.3 Å². The van der Waals surface area contributed by atoms with Gasteiger partial charge in [0.25, 0.3) is 0 Å². The van der Waals surface area contributed by atoms with Gasteiger partial charge in [-0.3, -0.25) is 37.3 Å². The van der Waals surface area contributed by atoms with Crippen molar-refractivity contribution < 1.29 is 80.2 Å². The Morgan fingerprint density at radius 1 is 0.255 bits per heavy atom. The Bertz CT molecular complexity index is 2010. The van der Waals surface area contributed by atoms with Crippen molar-refractivity contribution >= 4 is 39.5 Å². The second-order valence-corrected chi connectivity index (χ2v) is 34.7. The summed E-state index contributed by atoms with van der Waals surface area (Å²) in [5.41, 5.74) is 0. The first kappa shape index (κ1) is 104. The van der Waals surface area contributed by atoms with E-state index >= 15 is 0 Å². The first-order valence-corrected chi connectivity index (χ1v) is 48.1. The van der Waals surface area contributed by atoms with Crippen molar-refractivity contribution in [1.29, 1.82) is 0 Å². The van der Waals surface area contributed by atoms with E-state index in [1.165, 1.54) is 289 Å². The van der Waals surface area contributed by atoms with Gasteiger partial charge in [-0.05, 0) is 31.6 Å². The smallest absolute Gasteiger partial charge is 0.462 e. The average molecular weight is 1550 g/mol. The molecular weight excluding hydrogens is 1380 g/mol. The summed E-state index contributed by atoms with van der Waals surface area (Å²) in [6.45, 7) is 7.31. The van der Waals surface area contributed by atoms with Crippen LogP contribution in [0.1, 0.15) is 471 Å². The molecule has 19 heteroatoms. The van der Waals surface area contributed by atoms with E-state index in [0.29, 0.717) is 31.6 Å². The van der Waals surface area contributed by atoms with Crippen LogP contribution in [0.2, 0.25) is 0 Å². The van der Waals surface area contributed by atoms with Crippen LogP contribution < -0.4 is 0 Å². The second kappa shape index (κ2) is 79.7. The fraction of sp³-hybridized carbons (Fsp3) is 0.954. The Morgan fingerprint density at radius 3 is 0.642 bits per heavy atom. The van der Waals surface area contributed by atoms with E-state index in [1.54, 1.807) is 0 Å². The number of aliphatic hydroxyl groups is 1. The number of aliphatic hydroxyl groups excluding tert-OH is 1. The van der Waals surface area contributed by atoms with Crippen LogP contribution in [0.4, 0.5) is 0 Å². The molecule has 0 aliphatic rings. The topological polar surface area (TPSA) is 237 Å². The highest BCUT2D eigenvalue weighted by atomic mass is 31.2. The Hall–Kier alpha value is -1.94. The third kappa shape index (κ3) is 80.1. The van der Waals surface area contributed by atoms with Crippen LogP contribution in [-0.4, -0.2) is 96.7 Å².